The quantitative estimate of drug-likeness (QED) is 0.868. The Bertz CT molecular complexity index is 410. The molecule has 0 aromatic carbocycles. The fraction of sp³-hybridized carbons (Fsp3) is 0.556. The van der Waals surface area contributed by atoms with Gasteiger partial charge in [-0.2, -0.15) is 5.10 Å². The van der Waals surface area contributed by atoms with Gasteiger partial charge in [0.15, 0.2) is 5.84 Å². The minimum absolute atomic E-state index is 0.559. The summed E-state index contributed by atoms with van der Waals surface area (Å²) in [4.78, 5) is 0. The molecule has 1 aromatic rings. The van der Waals surface area contributed by atoms with Gasteiger partial charge in [0.05, 0.1) is 11.8 Å². The third kappa shape index (κ3) is 2.05. The SMILES string of the molecule is CC(C)Cn1ncc(C2=NNNN2C)c1Br. The Kier molecular flexibility index (Phi) is 3.15. The molecule has 2 rings (SSSR count). The summed E-state index contributed by atoms with van der Waals surface area (Å²) in [7, 11) is 1.89. The largest absolute Gasteiger partial charge is 0.274 e. The second-order valence-electron chi connectivity index (χ2n) is 4.14. The number of hydrazine groups is 2. The predicted octanol–water partition coefficient (Wildman–Crippen LogP) is 0.918. The molecule has 0 saturated carbocycles. The lowest BCUT2D eigenvalue weighted by Gasteiger charge is -2.11. The molecular formula is C9H15BrN6. The summed E-state index contributed by atoms with van der Waals surface area (Å²) in [6.45, 7) is 5.21. The van der Waals surface area contributed by atoms with Crippen molar-refractivity contribution in [1.29, 1.82) is 0 Å². The maximum Gasteiger partial charge on any atom is 0.177 e. The van der Waals surface area contributed by atoms with Crippen molar-refractivity contribution in [3.8, 4) is 0 Å². The standard InChI is InChI=1S/C9H15BrN6/c1-6(2)5-16-8(10)7(4-11-16)9-12-13-14-15(9)3/h4,6,13-14H,5H2,1-3H3. The molecule has 1 aliphatic heterocycles. The molecule has 0 radical (unpaired) electrons. The Morgan fingerprint density at radius 1 is 1.50 bits per heavy atom. The highest BCUT2D eigenvalue weighted by Gasteiger charge is 2.20. The van der Waals surface area contributed by atoms with Crippen molar-refractivity contribution < 1.29 is 0 Å². The third-order valence-electron chi connectivity index (χ3n) is 2.25. The van der Waals surface area contributed by atoms with E-state index >= 15 is 0 Å². The number of hydrogen-bond acceptors (Lipinski definition) is 5. The molecule has 7 heteroatoms. The van der Waals surface area contributed by atoms with Crippen molar-refractivity contribution in [2.24, 2.45) is 11.0 Å². The van der Waals surface area contributed by atoms with E-state index in [-0.39, 0.29) is 0 Å². The average molecular weight is 287 g/mol. The summed E-state index contributed by atoms with van der Waals surface area (Å²) in [5.74, 6) is 1.38. The van der Waals surface area contributed by atoms with Crippen molar-refractivity contribution in [3.05, 3.63) is 16.4 Å². The van der Waals surface area contributed by atoms with E-state index in [4.69, 9.17) is 0 Å². The third-order valence-corrected chi connectivity index (χ3v) is 3.09. The Labute approximate surface area is 103 Å². The summed E-state index contributed by atoms with van der Waals surface area (Å²) in [6.07, 6.45) is 1.82. The monoisotopic (exact) mass is 286 g/mol. The van der Waals surface area contributed by atoms with Crippen molar-refractivity contribution in [2.75, 3.05) is 7.05 Å². The average Bonchev–Trinajstić information content (AvgIpc) is 2.75. The van der Waals surface area contributed by atoms with Crippen LogP contribution in [0.5, 0.6) is 0 Å². The summed E-state index contributed by atoms with van der Waals surface area (Å²) in [6, 6.07) is 0. The van der Waals surface area contributed by atoms with Gasteiger partial charge in [0.25, 0.3) is 0 Å². The van der Waals surface area contributed by atoms with Crippen LogP contribution in [0, 0.1) is 5.92 Å². The van der Waals surface area contributed by atoms with Crippen molar-refractivity contribution in [1.82, 2.24) is 25.9 Å². The molecule has 0 saturated heterocycles. The molecule has 2 N–H and O–H groups in total. The van der Waals surface area contributed by atoms with Crippen molar-refractivity contribution >= 4 is 21.8 Å². The number of rotatable bonds is 3. The number of aromatic nitrogens is 2. The molecule has 0 aliphatic carbocycles. The van der Waals surface area contributed by atoms with E-state index in [0.29, 0.717) is 5.92 Å². The lowest BCUT2D eigenvalue weighted by molar-refractivity contribution is 0.349. The van der Waals surface area contributed by atoms with E-state index in [0.717, 1.165) is 22.5 Å². The second kappa shape index (κ2) is 4.42. The number of nitrogens with one attached hydrogen (secondary N) is 2. The molecule has 1 aromatic heterocycles. The first kappa shape index (κ1) is 11.4. The van der Waals surface area contributed by atoms with Gasteiger partial charge in [-0.3, -0.25) is 9.69 Å². The molecule has 0 atom stereocenters. The van der Waals surface area contributed by atoms with Crippen molar-refractivity contribution in [2.45, 2.75) is 20.4 Å². The van der Waals surface area contributed by atoms with Crippen LogP contribution in [0.1, 0.15) is 19.4 Å². The van der Waals surface area contributed by atoms with Gasteiger partial charge in [-0.15, -0.1) is 10.6 Å². The summed E-state index contributed by atoms with van der Waals surface area (Å²) in [5.41, 5.74) is 6.54. The molecule has 0 unspecified atom stereocenters. The minimum Gasteiger partial charge on any atom is -0.274 e. The number of hydrogen-bond donors (Lipinski definition) is 2. The van der Waals surface area contributed by atoms with Gasteiger partial charge in [-0.1, -0.05) is 13.8 Å². The van der Waals surface area contributed by atoms with Gasteiger partial charge < -0.3 is 0 Å². The maximum atomic E-state index is 4.34. The van der Waals surface area contributed by atoms with E-state index < -0.39 is 0 Å². The van der Waals surface area contributed by atoms with Crippen LogP contribution in [-0.2, 0) is 6.54 Å². The molecule has 0 fully saturated rings. The smallest absolute Gasteiger partial charge is 0.177 e. The molecule has 88 valence electrons. The fourth-order valence-electron chi connectivity index (χ4n) is 1.52. The highest BCUT2D eigenvalue weighted by molar-refractivity contribution is 9.10. The molecule has 6 nitrogen and oxygen atoms in total. The van der Waals surface area contributed by atoms with E-state index in [2.05, 4.69) is 51.0 Å². The van der Waals surface area contributed by atoms with E-state index in [9.17, 15) is 0 Å². The Hall–Kier alpha value is -1.08. The first-order valence-electron chi connectivity index (χ1n) is 5.13. The summed E-state index contributed by atoms with van der Waals surface area (Å²) >= 11 is 3.55. The Morgan fingerprint density at radius 2 is 2.25 bits per heavy atom. The van der Waals surface area contributed by atoms with E-state index in [1.54, 1.807) is 0 Å². The maximum absolute atomic E-state index is 4.34. The van der Waals surface area contributed by atoms with Crippen LogP contribution < -0.4 is 11.1 Å². The van der Waals surface area contributed by atoms with Crippen molar-refractivity contribution in [3.63, 3.8) is 0 Å². The molecule has 1 aliphatic rings. The normalized spacial score (nSPS) is 15.6. The second-order valence-corrected chi connectivity index (χ2v) is 4.89. The zero-order valence-electron chi connectivity index (χ0n) is 9.53. The van der Waals surface area contributed by atoms with Gasteiger partial charge in [0.1, 0.15) is 4.60 Å². The number of amidine groups is 1. The van der Waals surface area contributed by atoms with Crippen LogP contribution in [0.25, 0.3) is 0 Å². The molecular weight excluding hydrogens is 272 g/mol. The van der Waals surface area contributed by atoms with E-state index in [1.165, 1.54) is 0 Å². The molecule has 16 heavy (non-hydrogen) atoms. The predicted molar refractivity (Wildman–Crippen MR) is 65.3 cm³/mol. The highest BCUT2D eigenvalue weighted by atomic mass is 79.9. The zero-order valence-corrected chi connectivity index (χ0v) is 11.1. The van der Waals surface area contributed by atoms with E-state index in [1.807, 2.05) is 22.9 Å². The van der Waals surface area contributed by atoms with Gasteiger partial charge in [0.2, 0.25) is 0 Å². The molecule has 2 heterocycles. The topological polar surface area (TPSA) is 57.5 Å². The molecule has 0 bridgehead atoms. The molecule has 0 amide bonds. The lowest BCUT2D eigenvalue weighted by Crippen LogP contribution is -2.37. The first-order chi connectivity index (χ1) is 7.59. The first-order valence-corrected chi connectivity index (χ1v) is 5.92. The van der Waals surface area contributed by atoms with Crippen LogP contribution >= 0.6 is 15.9 Å². The summed E-state index contributed by atoms with van der Waals surface area (Å²) in [5, 5.41) is 10.3. The van der Waals surface area contributed by atoms with Gasteiger partial charge in [0, 0.05) is 13.6 Å². The van der Waals surface area contributed by atoms with Gasteiger partial charge in [-0.25, -0.2) is 5.53 Å². The minimum atomic E-state index is 0.559. The van der Waals surface area contributed by atoms with Crippen LogP contribution in [-0.4, -0.2) is 27.7 Å². The molecule has 0 spiro atoms. The van der Waals surface area contributed by atoms with Crippen LogP contribution in [0.2, 0.25) is 0 Å². The Balaban J connectivity index is 2.26. The number of halogens is 1. The van der Waals surface area contributed by atoms with Crippen LogP contribution in [0.3, 0.4) is 0 Å². The highest BCUT2D eigenvalue weighted by Crippen LogP contribution is 2.19. The van der Waals surface area contributed by atoms with Gasteiger partial charge >= 0.3 is 0 Å². The van der Waals surface area contributed by atoms with Crippen LogP contribution in [0.4, 0.5) is 0 Å². The number of hydrazone groups is 1. The van der Waals surface area contributed by atoms with Gasteiger partial charge in [-0.05, 0) is 21.8 Å². The van der Waals surface area contributed by atoms with Crippen LogP contribution in [0.15, 0.2) is 15.9 Å². The lowest BCUT2D eigenvalue weighted by atomic mass is 10.2. The Morgan fingerprint density at radius 3 is 2.81 bits per heavy atom. The zero-order chi connectivity index (χ0) is 11.7. The number of nitrogens with zero attached hydrogens (tertiary/aromatic N) is 4. The fourth-order valence-corrected chi connectivity index (χ4v) is 2.03. The summed E-state index contributed by atoms with van der Waals surface area (Å²) < 4.78 is 2.90.